The maximum atomic E-state index is 4.44. The zero-order chi connectivity index (χ0) is 11.6. The molecule has 2 rings (SSSR count). The first-order valence-corrected chi connectivity index (χ1v) is 5.64. The first kappa shape index (κ1) is 10.9. The smallest absolute Gasteiger partial charge is 0.113 e. The van der Waals surface area contributed by atoms with Crippen LogP contribution in [0.3, 0.4) is 0 Å². The van der Waals surface area contributed by atoms with Crippen molar-refractivity contribution in [1.82, 2.24) is 9.55 Å². The van der Waals surface area contributed by atoms with Crippen LogP contribution < -0.4 is 0 Å². The lowest BCUT2D eigenvalue weighted by molar-refractivity contribution is 0.384. The third-order valence-corrected chi connectivity index (χ3v) is 2.65. The average molecular weight is 214 g/mol. The van der Waals surface area contributed by atoms with Crippen molar-refractivity contribution in [3.05, 3.63) is 54.1 Å². The molecule has 1 aromatic carbocycles. The molecule has 1 heterocycles. The number of rotatable bonds is 2. The molecule has 0 amide bonds. The molecule has 0 atom stereocenters. The van der Waals surface area contributed by atoms with E-state index < -0.39 is 0 Å². The first-order valence-electron chi connectivity index (χ1n) is 5.64. The molecular weight excluding hydrogens is 196 g/mol. The summed E-state index contributed by atoms with van der Waals surface area (Å²) in [7, 11) is 0. The van der Waals surface area contributed by atoms with Gasteiger partial charge in [-0.1, -0.05) is 30.3 Å². The van der Waals surface area contributed by atoms with Gasteiger partial charge in [-0.15, -0.1) is 0 Å². The largest absolute Gasteiger partial charge is 0.329 e. The van der Waals surface area contributed by atoms with Crippen LogP contribution in [0.25, 0.3) is 0 Å². The Kier molecular flexibility index (Phi) is 2.82. The lowest BCUT2D eigenvalue weighted by atomic mass is 10.1. The summed E-state index contributed by atoms with van der Waals surface area (Å²) < 4.78 is 2.24. The fourth-order valence-corrected chi connectivity index (χ4v) is 1.85. The molecule has 1 aromatic heterocycles. The van der Waals surface area contributed by atoms with Gasteiger partial charge in [-0.3, -0.25) is 0 Å². The summed E-state index contributed by atoms with van der Waals surface area (Å²) in [6, 6.07) is 10.5. The highest BCUT2D eigenvalue weighted by atomic mass is 15.1. The van der Waals surface area contributed by atoms with Gasteiger partial charge in [-0.25, -0.2) is 4.98 Å². The topological polar surface area (TPSA) is 17.8 Å². The molecule has 84 valence electrons. The minimum absolute atomic E-state index is 0.0978. The molecule has 0 radical (unpaired) electrons. The van der Waals surface area contributed by atoms with Crippen molar-refractivity contribution in [2.24, 2.45) is 0 Å². The van der Waals surface area contributed by atoms with Gasteiger partial charge in [0, 0.05) is 24.4 Å². The summed E-state index contributed by atoms with van der Waals surface area (Å²) >= 11 is 0. The molecule has 0 aliphatic heterocycles. The van der Waals surface area contributed by atoms with Crippen molar-refractivity contribution in [3.8, 4) is 0 Å². The van der Waals surface area contributed by atoms with Gasteiger partial charge >= 0.3 is 0 Å². The summed E-state index contributed by atoms with van der Waals surface area (Å²) in [5.41, 5.74) is 1.40. The highest BCUT2D eigenvalue weighted by molar-refractivity contribution is 5.19. The van der Waals surface area contributed by atoms with Crippen molar-refractivity contribution in [2.75, 3.05) is 0 Å². The Hall–Kier alpha value is -1.57. The van der Waals surface area contributed by atoms with Crippen LogP contribution in [-0.2, 0) is 12.0 Å². The number of imidazole rings is 1. The fourth-order valence-electron chi connectivity index (χ4n) is 1.85. The van der Waals surface area contributed by atoms with Crippen molar-refractivity contribution in [3.63, 3.8) is 0 Å². The van der Waals surface area contributed by atoms with Gasteiger partial charge in [0.15, 0.2) is 0 Å². The number of hydrogen-bond acceptors (Lipinski definition) is 1. The Balaban J connectivity index is 2.26. The maximum absolute atomic E-state index is 4.44. The molecule has 0 N–H and O–H groups in total. The van der Waals surface area contributed by atoms with Crippen LogP contribution in [0.2, 0.25) is 0 Å². The Bertz CT molecular complexity index is 449. The van der Waals surface area contributed by atoms with E-state index in [1.165, 1.54) is 5.56 Å². The number of nitrogens with zero attached hydrogens (tertiary/aromatic N) is 2. The van der Waals surface area contributed by atoms with E-state index in [-0.39, 0.29) is 5.54 Å². The van der Waals surface area contributed by atoms with E-state index in [9.17, 15) is 0 Å². The van der Waals surface area contributed by atoms with Gasteiger partial charge in [0.2, 0.25) is 0 Å². The molecule has 0 aliphatic rings. The second-order valence-electron chi connectivity index (χ2n) is 5.05. The summed E-state index contributed by atoms with van der Waals surface area (Å²) in [4.78, 5) is 4.44. The average Bonchev–Trinajstić information content (AvgIpc) is 2.67. The van der Waals surface area contributed by atoms with E-state index in [0.29, 0.717) is 0 Å². The van der Waals surface area contributed by atoms with E-state index in [1.807, 2.05) is 12.3 Å². The number of benzene rings is 1. The van der Waals surface area contributed by atoms with Crippen molar-refractivity contribution in [2.45, 2.75) is 32.7 Å². The van der Waals surface area contributed by atoms with Crippen LogP contribution >= 0.6 is 0 Å². The molecule has 0 spiro atoms. The quantitative estimate of drug-likeness (QED) is 0.750. The number of aromatic nitrogens is 2. The summed E-state index contributed by atoms with van der Waals surface area (Å²) in [5, 5.41) is 0. The van der Waals surface area contributed by atoms with Gasteiger partial charge < -0.3 is 4.57 Å². The second-order valence-corrected chi connectivity index (χ2v) is 5.05. The molecular formula is C14H18N2. The highest BCUT2D eigenvalue weighted by Crippen LogP contribution is 2.18. The van der Waals surface area contributed by atoms with E-state index in [0.717, 1.165) is 12.2 Å². The normalized spacial score (nSPS) is 11.7. The Morgan fingerprint density at radius 3 is 2.44 bits per heavy atom. The van der Waals surface area contributed by atoms with Crippen LogP contribution in [-0.4, -0.2) is 9.55 Å². The van der Waals surface area contributed by atoms with E-state index >= 15 is 0 Å². The predicted octanol–water partition coefficient (Wildman–Crippen LogP) is 3.23. The lowest BCUT2D eigenvalue weighted by Crippen LogP contribution is -2.23. The molecule has 0 saturated carbocycles. The van der Waals surface area contributed by atoms with Crippen molar-refractivity contribution in [1.29, 1.82) is 0 Å². The molecule has 2 heteroatoms. The lowest BCUT2D eigenvalue weighted by Gasteiger charge is -2.23. The monoisotopic (exact) mass is 214 g/mol. The van der Waals surface area contributed by atoms with Crippen molar-refractivity contribution < 1.29 is 0 Å². The highest BCUT2D eigenvalue weighted by Gasteiger charge is 2.16. The van der Waals surface area contributed by atoms with Crippen LogP contribution in [0.1, 0.15) is 32.2 Å². The standard InChI is InChI=1S/C14H18N2/c1-14(2,3)16-10-9-15-13(16)11-12-7-5-4-6-8-12/h4-10H,11H2,1-3H3. The fraction of sp³-hybridized carbons (Fsp3) is 0.357. The minimum Gasteiger partial charge on any atom is -0.329 e. The van der Waals surface area contributed by atoms with E-state index in [2.05, 4.69) is 60.8 Å². The molecule has 0 bridgehead atoms. The van der Waals surface area contributed by atoms with Crippen LogP contribution in [0, 0.1) is 0 Å². The molecule has 16 heavy (non-hydrogen) atoms. The van der Waals surface area contributed by atoms with Gasteiger partial charge in [0.05, 0.1) is 0 Å². The van der Waals surface area contributed by atoms with E-state index in [1.54, 1.807) is 0 Å². The first-order chi connectivity index (χ1) is 7.57. The summed E-state index contributed by atoms with van der Waals surface area (Å²) in [6.45, 7) is 6.59. The predicted molar refractivity (Wildman–Crippen MR) is 66.5 cm³/mol. The third kappa shape index (κ3) is 2.32. The molecule has 0 unspecified atom stereocenters. The maximum Gasteiger partial charge on any atom is 0.113 e. The van der Waals surface area contributed by atoms with Gasteiger partial charge in [0.25, 0.3) is 0 Å². The van der Waals surface area contributed by atoms with Crippen LogP contribution in [0.15, 0.2) is 42.7 Å². The van der Waals surface area contributed by atoms with Crippen LogP contribution in [0.5, 0.6) is 0 Å². The van der Waals surface area contributed by atoms with Crippen molar-refractivity contribution >= 4 is 0 Å². The minimum atomic E-state index is 0.0978. The Morgan fingerprint density at radius 2 is 1.81 bits per heavy atom. The summed E-state index contributed by atoms with van der Waals surface area (Å²) in [6.07, 6.45) is 4.83. The zero-order valence-corrected chi connectivity index (χ0v) is 10.1. The molecule has 2 nitrogen and oxygen atoms in total. The van der Waals surface area contributed by atoms with Crippen LogP contribution in [0.4, 0.5) is 0 Å². The number of hydrogen-bond donors (Lipinski definition) is 0. The van der Waals surface area contributed by atoms with Gasteiger partial charge in [-0.05, 0) is 26.3 Å². The SMILES string of the molecule is CC(C)(C)n1ccnc1Cc1ccccc1. The second kappa shape index (κ2) is 4.12. The Morgan fingerprint density at radius 1 is 1.12 bits per heavy atom. The molecule has 0 aliphatic carbocycles. The molecule has 0 saturated heterocycles. The Labute approximate surface area is 97.0 Å². The van der Waals surface area contributed by atoms with E-state index in [4.69, 9.17) is 0 Å². The molecule has 0 fully saturated rings. The molecule has 2 aromatic rings. The van der Waals surface area contributed by atoms with Gasteiger partial charge in [-0.2, -0.15) is 0 Å². The third-order valence-electron chi connectivity index (χ3n) is 2.65. The van der Waals surface area contributed by atoms with Gasteiger partial charge in [0.1, 0.15) is 5.82 Å². The zero-order valence-electron chi connectivity index (χ0n) is 10.1. The summed E-state index contributed by atoms with van der Waals surface area (Å²) in [5.74, 6) is 1.12.